The number of carbonyl (C=O) groups is 1. The molecule has 0 aromatic carbocycles. The van der Waals surface area contributed by atoms with Gasteiger partial charge >= 0.3 is 0 Å². The molecule has 0 fully saturated rings. The zero-order valence-electron chi connectivity index (χ0n) is 11.2. The van der Waals surface area contributed by atoms with Crippen LogP contribution in [0.15, 0.2) is 0 Å². The highest BCUT2D eigenvalue weighted by molar-refractivity contribution is 5.76. The summed E-state index contributed by atoms with van der Waals surface area (Å²) in [7, 11) is 1.66. The molecule has 0 saturated carbocycles. The van der Waals surface area contributed by atoms with Crippen molar-refractivity contribution in [2.75, 3.05) is 20.3 Å². The van der Waals surface area contributed by atoms with Crippen LogP contribution in [0.1, 0.15) is 34.1 Å². The second-order valence-electron chi connectivity index (χ2n) is 5.54. The third-order valence-corrected chi connectivity index (χ3v) is 2.62. The van der Waals surface area contributed by atoms with E-state index >= 15 is 0 Å². The summed E-state index contributed by atoms with van der Waals surface area (Å²) in [4.78, 5) is 11.6. The molecule has 2 atom stereocenters. The fourth-order valence-electron chi connectivity index (χ4n) is 1.21. The van der Waals surface area contributed by atoms with Gasteiger partial charge in [0.05, 0.1) is 6.61 Å². The van der Waals surface area contributed by atoms with Gasteiger partial charge in [-0.15, -0.1) is 0 Å². The first-order chi connectivity index (χ1) is 7.27. The lowest BCUT2D eigenvalue weighted by Gasteiger charge is -2.26. The molecule has 0 saturated heterocycles. The van der Waals surface area contributed by atoms with Crippen molar-refractivity contribution in [1.82, 2.24) is 5.32 Å². The average Bonchev–Trinajstić information content (AvgIpc) is 2.13. The van der Waals surface area contributed by atoms with Crippen LogP contribution in [0.2, 0.25) is 0 Å². The topological polar surface area (TPSA) is 64.3 Å². The number of nitrogens with two attached hydrogens (primary N) is 1. The van der Waals surface area contributed by atoms with Crippen molar-refractivity contribution in [2.24, 2.45) is 17.1 Å². The lowest BCUT2D eigenvalue weighted by molar-refractivity contribution is -0.122. The van der Waals surface area contributed by atoms with E-state index in [0.717, 1.165) is 0 Å². The molecule has 0 heterocycles. The second-order valence-corrected chi connectivity index (χ2v) is 5.54. The van der Waals surface area contributed by atoms with Crippen LogP contribution >= 0.6 is 0 Å². The molecule has 1 amide bonds. The molecule has 0 aromatic rings. The number of rotatable bonds is 6. The van der Waals surface area contributed by atoms with Crippen molar-refractivity contribution in [3.05, 3.63) is 0 Å². The highest BCUT2D eigenvalue weighted by Crippen LogP contribution is 2.19. The van der Waals surface area contributed by atoms with Crippen LogP contribution in [0.3, 0.4) is 0 Å². The van der Waals surface area contributed by atoms with E-state index in [1.165, 1.54) is 0 Å². The van der Waals surface area contributed by atoms with Crippen LogP contribution in [0, 0.1) is 11.3 Å². The number of nitrogens with one attached hydrogen (secondary N) is 1. The number of hydrogen-bond acceptors (Lipinski definition) is 3. The predicted molar refractivity (Wildman–Crippen MR) is 66.1 cm³/mol. The molecule has 0 aromatic heterocycles. The van der Waals surface area contributed by atoms with E-state index < -0.39 is 0 Å². The normalized spacial score (nSPS) is 15.6. The lowest BCUT2D eigenvalue weighted by Crippen LogP contribution is -2.41. The molecule has 2 unspecified atom stereocenters. The Labute approximate surface area is 98.9 Å². The van der Waals surface area contributed by atoms with Gasteiger partial charge in [-0.3, -0.25) is 4.79 Å². The standard InChI is InChI=1S/C12H26N2O2/c1-9(8-16-5)7-14-11(15)6-10(13)12(2,3)4/h9-10H,6-8,13H2,1-5H3,(H,14,15). The molecule has 0 rings (SSSR count). The van der Waals surface area contributed by atoms with Gasteiger partial charge in [0.2, 0.25) is 5.91 Å². The monoisotopic (exact) mass is 230 g/mol. The van der Waals surface area contributed by atoms with Gasteiger partial charge in [0.15, 0.2) is 0 Å². The second kappa shape index (κ2) is 6.86. The molecule has 0 aliphatic carbocycles. The molecule has 96 valence electrons. The largest absolute Gasteiger partial charge is 0.384 e. The highest BCUT2D eigenvalue weighted by atomic mass is 16.5. The molecule has 4 heteroatoms. The van der Waals surface area contributed by atoms with E-state index in [-0.39, 0.29) is 17.4 Å². The first kappa shape index (κ1) is 15.4. The maximum absolute atomic E-state index is 11.6. The minimum absolute atomic E-state index is 0.0189. The van der Waals surface area contributed by atoms with Gasteiger partial charge in [-0.1, -0.05) is 27.7 Å². The molecule has 0 aliphatic heterocycles. The zero-order chi connectivity index (χ0) is 12.8. The number of amides is 1. The first-order valence-corrected chi connectivity index (χ1v) is 5.78. The summed E-state index contributed by atoms with van der Waals surface area (Å²) in [5.41, 5.74) is 5.90. The molecule has 0 aliphatic rings. The number of carbonyl (C=O) groups excluding carboxylic acids is 1. The molecule has 0 radical (unpaired) electrons. The minimum Gasteiger partial charge on any atom is -0.384 e. The summed E-state index contributed by atoms with van der Waals surface area (Å²) in [6.07, 6.45) is 0.378. The molecule has 0 bridgehead atoms. The van der Waals surface area contributed by atoms with E-state index in [2.05, 4.69) is 5.32 Å². The van der Waals surface area contributed by atoms with Crippen molar-refractivity contribution in [2.45, 2.75) is 40.2 Å². The van der Waals surface area contributed by atoms with Crippen LogP contribution in [0.5, 0.6) is 0 Å². The van der Waals surface area contributed by atoms with E-state index in [4.69, 9.17) is 10.5 Å². The van der Waals surface area contributed by atoms with E-state index in [0.29, 0.717) is 25.5 Å². The predicted octanol–water partition coefficient (Wildman–Crippen LogP) is 1.15. The summed E-state index contributed by atoms with van der Waals surface area (Å²) in [5, 5.41) is 2.87. The van der Waals surface area contributed by atoms with Crippen molar-refractivity contribution in [1.29, 1.82) is 0 Å². The third kappa shape index (κ3) is 6.80. The van der Waals surface area contributed by atoms with Crippen molar-refractivity contribution >= 4 is 5.91 Å². The maximum Gasteiger partial charge on any atom is 0.221 e. The van der Waals surface area contributed by atoms with Gasteiger partial charge in [-0.25, -0.2) is 0 Å². The van der Waals surface area contributed by atoms with Gasteiger partial charge in [0.25, 0.3) is 0 Å². The number of methoxy groups -OCH3 is 1. The Morgan fingerprint density at radius 1 is 1.44 bits per heavy atom. The van der Waals surface area contributed by atoms with Crippen LogP contribution in [0.25, 0.3) is 0 Å². The maximum atomic E-state index is 11.6. The van der Waals surface area contributed by atoms with Gasteiger partial charge in [-0.05, 0) is 11.3 Å². The fourth-order valence-corrected chi connectivity index (χ4v) is 1.21. The quantitative estimate of drug-likeness (QED) is 0.719. The SMILES string of the molecule is COCC(C)CNC(=O)CC(N)C(C)(C)C. The highest BCUT2D eigenvalue weighted by Gasteiger charge is 2.23. The van der Waals surface area contributed by atoms with Gasteiger partial charge in [0.1, 0.15) is 0 Å². The van der Waals surface area contributed by atoms with Crippen molar-refractivity contribution in [3.63, 3.8) is 0 Å². The van der Waals surface area contributed by atoms with Crippen LogP contribution in [0.4, 0.5) is 0 Å². The molecule has 3 N–H and O–H groups in total. The van der Waals surface area contributed by atoms with E-state index in [1.54, 1.807) is 7.11 Å². The molecule has 0 spiro atoms. The smallest absolute Gasteiger partial charge is 0.221 e. The Kier molecular flexibility index (Phi) is 6.60. The lowest BCUT2D eigenvalue weighted by atomic mass is 9.85. The Bertz CT molecular complexity index is 212. The summed E-state index contributed by atoms with van der Waals surface area (Å²) in [6.45, 7) is 9.46. The summed E-state index contributed by atoms with van der Waals surface area (Å²) in [6, 6.07) is -0.106. The Morgan fingerprint density at radius 2 is 2.00 bits per heavy atom. The molecular weight excluding hydrogens is 204 g/mol. The van der Waals surface area contributed by atoms with Crippen LogP contribution in [-0.4, -0.2) is 32.2 Å². The molecule has 16 heavy (non-hydrogen) atoms. The van der Waals surface area contributed by atoms with Crippen molar-refractivity contribution < 1.29 is 9.53 Å². The Morgan fingerprint density at radius 3 is 2.44 bits per heavy atom. The van der Waals surface area contributed by atoms with E-state index in [9.17, 15) is 4.79 Å². The fraction of sp³-hybridized carbons (Fsp3) is 0.917. The minimum atomic E-state index is -0.106. The summed E-state index contributed by atoms with van der Waals surface area (Å²) >= 11 is 0. The van der Waals surface area contributed by atoms with E-state index in [1.807, 2.05) is 27.7 Å². The van der Waals surface area contributed by atoms with Gasteiger partial charge < -0.3 is 15.8 Å². The number of hydrogen-bond donors (Lipinski definition) is 2. The average molecular weight is 230 g/mol. The third-order valence-electron chi connectivity index (χ3n) is 2.62. The van der Waals surface area contributed by atoms with Crippen LogP contribution < -0.4 is 11.1 Å². The van der Waals surface area contributed by atoms with Crippen molar-refractivity contribution in [3.8, 4) is 0 Å². The zero-order valence-corrected chi connectivity index (χ0v) is 11.2. The summed E-state index contributed by atoms with van der Waals surface area (Å²) in [5.74, 6) is 0.352. The summed E-state index contributed by atoms with van der Waals surface area (Å²) < 4.78 is 5.00. The Hall–Kier alpha value is -0.610. The first-order valence-electron chi connectivity index (χ1n) is 5.78. The van der Waals surface area contributed by atoms with Gasteiger partial charge in [-0.2, -0.15) is 0 Å². The number of ether oxygens (including phenoxy) is 1. The molecule has 4 nitrogen and oxygen atoms in total. The van der Waals surface area contributed by atoms with Gasteiger partial charge in [0, 0.05) is 26.1 Å². The van der Waals surface area contributed by atoms with Crippen LogP contribution in [-0.2, 0) is 9.53 Å². The Balaban J connectivity index is 3.83. The molecular formula is C12H26N2O2.